The van der Waals surface area contributed by atoms with Gasteiger partial charge in [-0.25, -0.2) is 4.79 Å². The molecule has 6 heteroatoms. The van der Waals surface area contributed by atoms with Gasteiger partial charge in [0.05, 0.1) is 11.1 Å². The molecular weight excluding hydrogens is 268 g/mol. The summed E-state index contributed by atoms with van der Waals surface area (Å²) >= 11 is 0. The van der Waals surface area contributed by atoms with E-state index in [2.05, 4.69) is 20.4 Å². The van der Waals surface area contributed by atoms with Gasteiger partial charge in [-0.1, -0.05) is 17.7 Å². The average molecular weight is 282 g/mol. The first-order valence-corrected chi connectivity index (χ1v) is 6.53. The van der Waals surface area contributed by atoms with Crippen LogP contribution in [0.25, 0.3) is 11.1 Å². The van der Waals surface area contributed by atoms with Gasteiger partial charge in [0.2, 0.25) is 5.71 Å². The van der Waals surface area contributed by atoms with Crippen LogP contribution in [0.2, 0.25) is 0 Å². The minimum absolute atomic E-state index is 0.201. The lowest BCUT2D eigenvalue weighted by atomic mass is 10.1. The lowest BCUT2D eigenvalue weighted by Crippen LogP contribution is -2.00. The number of hydrogen-bond acceptors (Lipinski definition) is 5. The monoisotopic (exact) mass is 282 g/mol. The molecule has 1 aromatic carbocycles. The second-order valence-corrected chi connectivity index (χ2v) is 4.93. The first kappa shape index (κ1) is 13.2. The van der Waals surface area contributed by atoms with Crippen molar-refractivity contribution in [1.82, 2.24) is 10.2 Å². The van der Waals surface area contributed by atoms with Crippen LogP contribution in [0.3, 0.4) is 0 Å². The summed E-state index contributed by atoms with van der Waals surface area (Å²) in [4.78, 5) is 12.0. The second-order valence-electron chi connectivity index (χ2n) is 4.93. The smallest absolute Gasteiger partial charge is 0.365 e. The van der Waals surface area contributed by atoms with Gasteiger partial charge in [0.25, 0.3) is 0 Å². The molecular formula is C15H14N4O2. The van der Waals surface area contributed by atoms with E-state index in [0.29, 0.717) is 17.0 Å². The number of aryl methyl sites for hydroxylation is 3. The van der Waals surface area contributed by atoms with Crippen molar-refractivity contribution in [3.8, 4) is 0 Å². The molecule has 21 heavy (non-hydrogen) atoms. The van der Waals surface area contributed by atoms with Crippen molar-refractivity contribution in [2.24, 2.45) is 10.2 Å². The third kappa shape index (κ3) is 2.35. The van der Waals surface area contributed by atoms with Crippen molar-refractivity contribution in [1.29, 1.82) is 0 Å². The number of benzene rings is 1. The van der Waals surface area contributed by atoms with Crippen LogP contribution in [0, 0.1) is 20.8 Å². The number of H-pyrrole nitrogens is 1. The summed E-state index contributed by atoms with van der Waals surface area (Å²) in [5.41, 5.74) is 3.32. The van der Waals surface area contributed by atoms with Gasteiger partial charge in [-0.2, -0.15) is 5.11 Å². The van der Waals surface area contributed by atoms with Crippen molar-refractivity contribution in [2.75, 3.05) is 0 Å². The maximum absolute atomic E-state index is 12.0. The molecule has 0 saturated heterocycles. The van der Waals surface area contributed by atoms with Gasteiger partial charge in [-0.05, 0) is 38.5 Å². The molecule has 1 N–H and O–H groups in total. The maximum atomic E-state index is 12.0. The molecule has 0 radical (unpaired) electrons. The molecule has 0 saturated carbocycles. The summed E-state index contributed by atoms with van der Waals surface area (Å²) in [6.07, 6.45) is 0. The Morgan fingerprint density at radius 1 is 1.10 bits per heavy atom. The molecule has 3 rings (SSSR count). The molecule has 0 atom stereocenters. The minimum atomic E-state index is -0.539. The second kappa shape index (κ2) is 4.97. The molecule has 2 aromatic heterocycles. The number of aromatic nitrogens is 2. The van der Waals surface area contributed by atoms with Crippen LogP contribution in [0.15, 0.2) is 43.7 Å². The number of fused-ring (bicyclic) bond motifs is 1. The summed E-state index contributed by atoms with van der Waals surface area (Å²) in [5, 5.41) is 15.7. The Morgan fingerprint density at radius 2 is 1.81 bits per heavy atom. The normalized spacial score (nSPS) is 11.6. The van der Waals surface area contributed by atoms with Crippen LogP contribution >= 0.6 is 0 Å². The molecule has 0 unspecified atom stereocenters. The highest BCUT2D eigenvalue weighted by atomic mass is 16.4. The Bertz CT molecular complexity index is 888. The molecule has 0 spiro atoms. The van der Waals surface area contributed by atoms with E-state index in [0.717, 1.165) is 16.6 Å². The third-order valence-corrected chi connectivity index (χ3v) is 3.33. The van der Waals surface area contributed by atoms with Gasteiger partial charge in [-0.15, -0.1) is 10.2 Å². The third-order valence-electron chi connectivity index (χ3n) is 3.33. The molecule has 0 amide bonds. The fourth-order valence-electron chi connectivity index (χ4n) is 2.16. The molecule has 2 heterocycles. The van der Waals surface area contributed by atoms with Gasteiger partial charge in [0.15, 0.2) is 5.69 Å². The van der Waals surface area contributed by atoms with E-state index < -0.39 is 5.63 Å². The highest BCUT2D eigenvalue weighted by Gasteiger charge is 2.15. The van der Waals surface area contributed by atoms with E-state index in [-0.39, 0.29) is 5.69 Å². The standard InChI is InChI=1S/C15H14N4O2/c1-8-4-6-11(7-5-8)17-18-13-9(2)12-10(3)16-19-14(12)21-15(13)20/h4-7H,1-3H3,(H,16,19). The van der Waals surface area contributed by atoms with Gasteiger partial charge >= 0.3 is 5.63 Å². The molecule has 6 nitrogen and oxygen atoms in total. The molecule has 0 fully saturated rings. The molecule has 0 aliphatic carbocycles. The Kier molecular flexibility index (Phi) is 3.13. The quantitative estimate of drug-likeness (QED) is 0.724. The summed E-state index contributed by atoms with van der Waals surface area (Å²) in [6.45, 7) is 5.67. The number of aromatic amines is 1. The molecule has 0 aliphatic rings. The number of hydrogen-bond donors (Lipinski definition) is 1. The van der Waals surface area contributed by atoms with Crippen molar-refractivity contribution >= 4 is 22.5 Å². The van der Waals surface area contributed by atoms with Crippen LogP contribution in [0.1, 0.15) is 16.8 Å². The van der Waals surface area contributed by atoms with Crippen molar-refractivity contribution < 1.29 is 4.42 Å². The highest BCUT2D eigenvalue weighted by Crippen LogP contribution is 2.26. The van der Waals surface area contributed by atoms with E-state index in [1.165, 1.54) is 0 Å². The Hall–Kier alpha value is -2.76. The Labute approximate surface area is 120 Å². The first-order chi connectivity index (χ1) is 10.1. The fourth-order valence-corrected chi connectivity index (χ4v) is 2.16. The van der Waals surface area contributed by atoms with E-state index in [4.69, 9.17) is 4.42 Å². The Balaban J connectivity index is 2.10. The molecule has 0 aliphatic heterocycles. The summed E-state index contributed by atoms with van der Waals surface area (Å²) in [5.74, 6) is 0. The lowest BCUT2D eigenvalue weighted by Gasteiger charge is -1.99. The van der Waals surface area contributed by atoms with E-state index >= 15 is 0 Å². The topological polar surface area (TPSA) is 83.6 Å². The molecule has 106 valence electrons. The Morgan fingerprint density at radius 3 is 2.52 bits per heavy atom. The number of rotatable bonds is 2. The maximum Gasteiger partial charge on any atom is 0.365 e. The van der Waals surface area contributed by atoms with Crippen LogP contribution in [-0.2, 0) is 0 Å². The average Bonchev–Trinajstić information content (AvgIpc) is 2.82. The summed E-state index contributed by atoms with van der Waals surface area (Å²) < 4.78 is 5.15. The van der Waals surface area contributed by atoms with Crippen LogP contribution in [-0.4, -0.2) is 10.2 Å². The van der Waals surface area contributed by atoms with Gasteiger partial charge < -0.3 is 4.42 Å². The highest BCUT2D eigenvalue weighted by molar-refractivity contribution is 5.83. The predicted molar refractivity (Wildman–Crippen MR) is 79.5 cm³/mol. The van der Waals surface area contributed by atoms with E-state index in [1.54, 1.807) is 0 Å². The van der Waals surface area contributed by atoms with E-state index in [9.17, 15) is 4.79 Å². The van der Waals surface area contributed by atoms with Crippen LogP contribution in [0.4, 0.5) is 11.4 Å². The molecule has 3 aromatic rings. The first-order valence-electron chi connectivity index (χ1n) is 6.53. The molecule has 0 bridgehead atoms. The van der Waals surface area contributed by atoms with Crippen LogP contribution < -0.4 is 5.63 Å². The zero-order valence-electron chi connectivity index (χ0n) is 12.0. The number of nitrogens with one attached hydrogen (secondary N) is 1. The minimum Gasteiger partial charge on any atom is -0.400 e. The number of nitrogens with zero attached hydrogens (tertiary/aromatic N) is 3. The number of azo groups is 1. The zero-order valence-corrected chi connectivity index (χ0v) is 12.0. The van der Waals surface area contributed by atoms with Gasteiger partial charge in [0.1, 0.15) is 0 Å². The van der Waals surface area contributed by atoms with Gasteiger partial charge in [-0.3, -0.25) is 5.10 Å². The SMILES string of the molecule is Cc1ccc(N=Nc2c(C)c3c(C)[nH]nc3oc2=O)cc1. The van der Waals surface area contributed by atoms with Crippen molar-refractivity contribution in [2.45, 2.75) is 20.8 Å². The van der Waals surface area contributed by atoms with E-state index in [1.807, 2.05) is 45.0 Å². The zero-order chi connectivity index (χ0) is 15.0. The van der Waals surface area contributed by atoms with Gasteiger partial charge in [0, 0.05) is 5.69 Å². The predicted octanol–water partition coefficient (Wildman–Crippen LogP) is 3.86. The van der Waals surface area contributed by atoms with Crippen molar-refractivity contribution in [3.05, 3.63) is 51.5 Å². The summed E-state index contributed by atoms with van der Waals surface area (Å²) in [6, 6.07) is 7.56. The lowest BCUT2D eigenvalue weighted by molar-refractivity contribution is 0.548. The summed E-state index contributed by atoms with van der Waals surface area (Å²) in [7, 11) is 0. The van der Waals surface area contributed by atoms with Crippen molar-refractivity contribution in [3.63, 3.8) is 0 Å². The largest absolute Gasteiger partial charge is 0.400 e. The van der Waals surface area contributed by atoms with Crippen LogP contribution in [0.5, 0.6) is 0 Å². The fraction of sp³-hybridized carbons (Fsp3) is 0.200.